The third-order valence-electron chi connectivity index (χ3n) is 9.82. The van der Waals surface area contributed by atoms with Gasteiger partial charge in [0.15, 0.2) is 11.5 Å². The van der Waals surface area contributed by atoms with Gasteiger partial charge in [0, 0.05) is 89.2 Å². The lowest BCUT2D eigenvalue weighted by Gasteiger charge is -2.34. The molecule has 1 heterocycles. The minimum Gasteiger partial charge on any atom is -0.497 e. The van der Waals surface area contributed by atoms with Crippen molar-refractivity contribution in [3.8, 4) is 17.2 Å². The highest BCUT2D eigenvalue weighted by Crippen LogP contribution is 2.52. The molecule has 7 rings (SSSR count). The van der Waals surface area contributed by atoms with Crippen molar-refractivity contribution < 1.29 is 36.0 Å². The summed E-state index contributed by atoms with van der Waals surface area (Å²) in [7, 11) is 5.43. The predicted molar refractivity (Wildman–Crippen MR) is 250 cm³/mol. The van der Waals surface area contributed by atoms with Crippen molar-refractivity contribution in [2.45, 2.75) is 6.92 Å². The Morgan fingerprint density at radius 2 is 0.949 bits per heavy atom. The number of anilines is 6. The Morgan fingerprint density at radius 1 is 0.492 bits per heavy atom. The van der Waals surface area contributed by atoms with Gasteiger partial charge in [-0.3, -0.25) is 0 Å². The molecule has 0 bridgehead atoms. The Morgan fingerprint density at radius 3 is 1.47 bits per heavy atom. The minimum absolute atomic E-state index is 0.706. The molecule has 1 aliphatic heterocycles. The van der Waals surface area contributed by atoms with Crippen LogP contribution in [-0.4, -0.2) is 67.4 Å². The van der Waals surface area contributed by atoms with Crippen LogP contribution in [0.2, 0.25) is 0 Å². The zero-order chi connectivity index (χ0) is 42.3. The third-order valence-corrected chi connectivity index (χ3v) is 17.5. The van der Waals surface area contributed by atoms with E-state index in [1.807, 2.05) is 84.9 Å². The molecule has 6 aromatic rings. The highest BCUT2D eigenvalue weighted by molar-refractivity contribution is 9.13. The van der Waals surface area contributed by atoms with Gasteiger partial charge in [0.25, 0.3) is 0 Å². The zero-order valence-corrected chi connectivity index (χ0v) is 40.7. The molecule has 0 atom stereocenters. The number of nitrogens with zero attached hydrogens (tertiary/aromatic N) is 2. The number of benzene rings is 6. The van der Waals surface area contributed by atoms with E-state index >= 15 is 0 Å². The molecule has 0 saturated heterocycles. The standard InChI is InChI=1S/C22H21Br2NO4Si.C22H24BrNO4Si/c1-14-5-7-15(8-6-14)25-19-10-9-16(30(26-2,27-3)28-4)11-21(19)29-22-13-18(24)17(23)12-20(22)25;1-25-21-13-9-19(10-14-21)24(18-7-5-17(23)6-8-18)20-11-15-22(16-12-20)29(26-2,27-3)28-4/h5-13H,1-4H3;5-16H,1-4H3. The van der Waals surface area contributed by atoms with Crippen LogP contribution >= 0.6 is 47.8 Å². The maximum Gasteiger partial charge on any atom is 0.536 e. The van der Waals surface area contributed by atoms with Gasteiger partial charge in [-0.15, -0.1) is 0 Å². The largest absolute Gasteiger partial charge is 0.536 e. The van der Waals surface area contributed by atoms with E-state index in [1.54, 1.807) is 49.8 Å². The third kappa shape index (κ3) is 9.40. The van der Waals surface area contributed by atoms with Crippen LogP contribution in [-0.2, 0) is 26.6 Å². The quantitative estimate of drug-likeness (QED) is 0.104. The van der Waals surface area contributed by atoms with Crippen LogP contribution in [0.1, 0.15) is 5.56 Å². The number of hydrogen-bond acceptors (Lipinski definition) is 10. The Bertz CT molecular complexity index is 2310. The SMILES string of the molecule is CO[Si](OC)(OC)c1ccc2c(c1)Oc1cc(Br)c(Br)cc1N2c1ccc(C)cc1.COc1ccc(N(c2ccc(Br)cc2)c2ccc([Si](OC)(OC)OC)cc2)cc1. The molecule has 1 aliphatic rings. The van der Waals surface area contributed by atoms with Gasteiger partial charge in [0.2, 0.25) is 0 Å². The van der Waals surface area contributed by atoms with Crippen molar-refractivity contribution in [3.05, 3.63) is 146 Å². The maximum absolute atomic E-state index is 6.32. The summed E-state index contributed by atoms with van der Waals surface area (Å²) in [6.07, 6.45) is 0. The van der Waals surface area contributed by atoms with Crippen LogP contribution in [0.4, 0.5) is 34.1 Å². The molecule has 0 radical (unpaired) electrons. The molecule has 0 aromatic heterocycles. The molecule has 0 aliphatic carbocycles. The lowest BCUT2D eigenvalue weighted by Crippen LogP contribution is -2.54. The fraction of sp³-hybridized carbons (Fsp3) is 0.182. The molecule has 0 saturated carbocycles. The first kappa shape index (κ1) is 44.7. The Balaban J connectivity index is 0.000000199. The Labute approximate surface area is 373 Å². The molecular weight excluding hydrogens is 980 g/mol. The first-order valence-corrected chi connectivity index (χ1v) is 24.1. The second kappa shape index (κ2) is 19.7. The smallest absolute Gasteiger partial charge is 0.497 e. The first-order valence-electron chi connectivity index (χ1n) is 18.3. The second-order valence-corrected chi connectivity index (χ2v) is 21.5. The summed E-state index contributed by atoms with van der Waals surface area (Å²) in [6, 6.07) is 42.6. The van der Waals surface area contributed by atoms with Crippen LogP contribution in [0.3, 0.4) is 0 Å². The Kier molecular flexibility index (Phi) is 14.9. The highest BCUT2D eigenvalue weighted by atomic mass is 79.9. The van der Waals surface area contributed by atoms with Crippen molar-refractivity contribution in [2.24, 2.45) is 0 Å². The average Bonchev–Trinajstić information content (AvgIpc) is 3.27. The molecule has 15 heteroatoms. The fourth-order valence-corrected chi connectivity index (χ4v) is 11.3. The fourth-order valence-electron chi connectivity index (χ4n) is 6.76. The van der Waals surface area contributed by atoms with Gasteiger partial charge in [0.05, 0.1) is 18.5 Å². The zero-order valence-electron chi connectivity index (χ0n) is 33.9. The van der Waals surface area contributed by atoms with E-state index in [2.05, 4.69) is 107 Å². The normalized spacial score (nSPS) is 12.2. The molecule has 0 unspecified atom stereocenters. The summed E-state index contributed by atoms with van der Waals surface area (Å²) >= 11 is 10.7. The van der Waals surface area contributed by atoms with Crippen LogP contribution in [0, 0.1) is 6.92 Å². The number of rotatable bonds is 13. The average molecular weight is 1030 g/mol. The molecule has 0 spiro atoms. The number of ether oxygens (including phenoxy) is 2. The van der Waals surface area contributed by atoms with Crippen molar-refractivity contribution in [1.82, 2.24) is 0 Å². The highest BCUT2D eigenvalue weighted by Gasteiger charge is 2.42. The summed E-state index contributed by atoms with van der Waals surface area (Å²) in [6.45, 7) is 2.08. The summed E-state index contributed by atoms with van der Waals surface area (Å²) < 4.78 is 48.3. The van der Waals surface area contributed by atoms with Crippen molar-refractivity contribution in [2.75, 3.05) is 59.6 Å². The number of fused-ring (bicyclic) bond motifs is 2. The summed E-state index contributed by atoms with van der Waals surface area (Å²) in [5.74, 6) is 2.27. The van der Waals surface area contributed by atoms with Crippen LogP contribution in [0.15, 0.2) is 141 Å². The number of aryl methyl sites for hydroxylation is 1. The second-order valence-electron chi connectivity index (χ2n) is 13.1. The monoisotopic (exact) mass is 1020 g/mol. The maximum atomic E-state index is 6.32. The summed E-state index contributed by atoms with van der Waals surface area (Å²) in [5.41, 5.74) is 7.19. The molecular formula is C44H45Br3N2O8Si2. The van der Waals surface area contributed by atoms with Gasteiger partial charge in [-0.05, 0) is 136 Å². The van der Waals surface area contributed by atoms with Crippen molar-refractivity contribution in [3.63, 3.8) is 0 Å². The molecule has 59 heavy (non-hydrogen) atoms. The molecule has 10 nitrogen and oxygen atoms in total. The predicted octanol–water partition coefficient (Wildman–Crippen LogP) is 11.2. The molecule has 6 aromatic carbocycles. The van der Waals surface area contributed by atoms with Crippen LogP contribution < -0.4 is 29.6 Å². The lowest BCUT2D eigenvalue weighted by atomic mass is 10.1. The number of halogens is 3. The van der Waals surface area contributed by atoms with Crippen LogP contribution in [0.25, 0.3) is 0 Å². The number of methoxy groups -OCH3 is 1. The van der Waals surface area contributed by atoms with E-state index in [-0.39, 0.29) is 0 Å². The summed E-state index contributed by atoms with van der Waals surface area (Å²) in [4.78, 5) is 4.36. The summed E-state index contributed by atoms with van der Waals surface area (Å²) in [5, 5.41) is 1.73. The van der Waals surface area contributed by atoms with Gasteiger partial charge >= 0.3 is 17.6 Å². The van der Waals surface area contributed by atoms with E-state index in [9.17, 15) is 0 Å². The van der Waals surface area contributed by atoms with Gasteiger partial charge in [-0.1, -0.05) is 51.8 Å². The van der Waals surface area contributed by atoms with Gasteiger partial charge < -0.3 is 45.8 Å². The molecule has 0 amide bonds. The minimum atomic E-state index is -2.99. The Hall–Kier alpha value is -3.85. The van der Waals surface area contributed by atoms with Crippen molar-refractivity contribution in [1.29, 1.82) is 0 Å². The van der Waals surface area contributed by atoms with Gasteiger partial charge in [-0.25, -0.2) is 0 Å². The number of hydrogen-bond donors (Lipinski definition) is 0. The van der Waals surface area contributed by atoms with Crippen molar-refractivity contribution >= 4 is 110 Å². The molecule has 0 N–H and O–H groups in total. The van der Waals surface area contributed by atoms with E-state index in [0.29, 0.717) is 5.75 Å². The molecule has 0 fully saturated rings. The first-order chi connectivity index (χ1) is 28.5. The lowest BCUT2D eigenvalue weighted by molar-refractivity contribution is 0.140. The van der Waals surface area contributed by atoms with E-state index < -0.39 is 17.6 Å². The van der Waals surface area contributed by atoms with Gasteiger partial charge in [-0.2, -0.15) is 0 Å². The topological polar surface area (TPSA) is 80.3 Å². The van der Waals surface area contributed by atoms with E-state index in [0.717, 1.165) is 69.4 Å². The van der Waals surface area contributed by atoms with Crippen LogP contribution in [0.5, 0.6) is 17.2 Å². The molecule has 308 valence electrons. The van der Waals surface area contributed by atoms with E-state index in [1.165, 1.54) is 5.56 Å². The van der Waals surface area contributed by atoms with Gasteiger partial charge in [0.1, 0.15) is 5.75 Å². The van der Waals surface area contributed by atoms with E-state index in [4.69, 9.17) is 36.0 Å².